The van der Waals surface area contributed by atoms with Crippen LogP contribution in [0.25, 0.3) is 0 Å². The van der Waals surface area contributed by atoms with E-state index in [-0.39, 0.29) is 0 Å². The second kappa shape index (κ2) is 7.90. The van der Waals surface area contributed by atoms with E-state index in [1.807, 2.05) is 6.07 Å². The topological polar surface area (TPSA) is 15.3 Å². The summed E-state index contributed by atoms with van der Waals surface area (Å²) in [6.07, 6.45) is 5.31. The van der Waals surface area contributed by atoms with Crippen LogP contribution in [0.4, 0.5) is 5.69 Å². The average Bonchev–Trinajstić information content (AvgIpc) is 2.69. The maximum atomic E-state index is 6.21. The van der Waals surface area contributed by atoms with Gasteiger partial charge in [0.1, 0.15) is 0 Å². The smallest absolute Gasteiger partial charge is 0.0426 e. The number of hydrogen-bond acceptors (Lipinski definition) is 2. The Hall–Kier alpha value is -0.730. The monoisotopic (exact) mass is 294 g/mol. The highest BCUT2D eigenvalue weighted by atomic mass is 35.5. The number of nitrogens with one attached hydrogen (secondary N) is 1. The summed E-state index contributed by atoms with van der Waals surface area (Å²) in [5, 5.41) is 4.39. The summed E-state index contributed by atoms with van der Waals surface area (Å²) in [4.78, 5) is 2.52. The molecule has 1 aromatic rings. The molecule has 3 heteroatoms. The minimum absolute atomic E-state index is 0.684. The van der Waals surface area contributed by atoms with Gasteiger partial charge in [-0.15, -0.1) is 0 Å². The zero-order valence-electron chi connectivity index (χ0n) is 12.8. The van der Waals surface area contributed by atoms with Gasteiger partial charge in [-0.2, -0.15) is 0 Å². The first-order chi connectivity index (χ1) is 9.66. The standard InChI is InChI=1S/C17H27ClN2/c1-14(2)12-19-13-15-7-8-16(18)11-17(15)20-9-5-3-4-6-10-20/h7-8,11,14,19H,3-6,9-10,12-13H2,1-2H3. The van der Waals surface area contributed by atoms with Crippen LogP contribution in [-0.4, -0.2) is 19.6 Å². The van der Waals surface area contributed by atoms with Gasteiger partial charge in [0.2, 0.25) is 0 Å². The Bertz CT molecular complexity index is 409. The number of anilines is 1. The van der Waals surface area contributed by atoms with Gasteiger partial charge in [-0.05, 0) is 43.0 Å². The van der Waals surface area contributed by atoms with Crippen molar-refractivity contribution in [3.05, 3.63) is 28.8 Å². The van der Waals surface area contributed by atoms with E-state index in [0.717, 1.165) is 31.2 Å². The molecule has 0 radical (unpaired) electrons. The first kappa shape index (κ1) is 15.7. The van der Waals surface area contributed by atoms with Gasteiger partial charge in [0.15, 0.2) is 0 Å². The maximum Gasteiger partial charge on any atom is 0.0426 e. The molecule has 0 bridgehead atoms. The lowest BCUT2D eigenvalue weighted by atomic mass is 10.1. The third kappa shape index (κ3) is 4.68. The Balaban J connectivity index is 2.09. The lowest BCUT2D eigenvalue weighted by Gasteiger charge is -2.26. The molecular formula is C17H27ClN2. The number of benzene rings is 1. The van der Waals surface area contributed by atoms with Crippen molar-refractivity contribution in [2.24, 2.45) is 5.92 Å². The lowest BCUT2D eigenvalue weighted by molar-refractivity contribution is 0.552. The molecule has 0 spiro atoms. The number of halogens is 1. The van der Waals surface area contributed by atoms with Crippen molar-refractivity contribution in [1.82, 2.24) is 5.32 Å². The molecule has 0 aromatic heterocycles. The predicted molar refractivity (Wildman–Crippen MR) is 88.7 cm³/mol. The van der Waals surface area contributed by atoms with Gasteiger partial charge in [-0.25, -0.2) is 0 Å². The fourth-order valence-corrected chi connectivity index (χ4v) is 2.95. The fourth-order valence-electron chi connectivity index (χ4n) is 2.79. The second-order valence-electron chi connectivity index (χ2n) is 6.20. The maximum absolute atomic E-state index is 6.21. The van der Waals surface area contributed by atoms with E-state index in [1.54, 1.807) is 0 Å². The summed E-state index contributed by atoms with van der Waals surface area (Å²) in [5.74, 6) is 0.684. The van der Waals surface area contributed by atoms with Crippen LogP contribution in [0.1, 0.15) is 45.1 Å². The second-order valence-corrected chi connectivity index (χ2v) is 6.64. The minimum Gasteiger partial charge on any atom is -0.371 e. The van der Waals surface area contributed by atoms with Gasteiger partial charge in [0.05, 0.1) is 0 Å². The van der Waals surface area contributed by atoms with Crippen molar-refractivity contribution in [2.75, 3.05) is 24.5 Å². The number of nitrogens with zero attached hydrogens (tertiary/aromatic N) is 1. The van der Waals surface area contributed by atoms with Gasteiger partial charge >= 0.3 is 0 Å². The van der Waals surface area contributed by atoms with E-state index in [4.69, 9.17) is 11.6 Å². The fraction of sp³-hybridized carbons (Fsp3) is 0.647. The normalized spacial score (nSPS) is 16.5. The number of hydrogen-bond donors (Lipinski definition) is 1. The third-order valence-corrected chi connectivity index (χ3v) is 4.10. The molecule has 1 aromatic carbocycles. The molecule has 2 rings (SSSR count). The van der Waals surface area contributed by atoms with Crippen molar-refractivity contribution in [3.63, 3.8) is 0 Å². The summed E-state index contributed by atoms with van der Waals surface area (Å²) in [6.45, 7) is 8.80. The van der Waals surface area contributed by atoms with Crippen LogP contribution in [0.5, 0.6) is 0 Å². The quantitative estimate of drug-likeness (QED) is 0.862. The highest BCUT2D eigenvalue weighted by Crippen LogP contribution is 2.27. The molecule has 2 nitrogen and oxygen atoms in total. The Labute approximate surface area is 128 Å². The minimum atomic E-state index is 0.684. The molecule has 1 aliphatic heterocycles. The molecule has 0 unspecified atom stereocenters. The molecule has 0 aliphatic carbocycles. The van der Waals surface area contributed by atoms with Crippen LogP contribution < -0.4 is 10.2 Å². The van der Waals surface area contributed by atoms with Crippen LogP contribution >= 0.6 is 11.6 Å². The van der Waals surface area contributed by atoms with Gasteiger partial charge < -0.3 is 10.2 Å². The molecule has 1 aliphatic rings. The lowest BCUT2D eigenvalue weighted by Crippen LogP contribution is -2.27. The van der Waals surface area contributed by atoms with Crippen LogP contribution in [0.3, 0.4) is 0 Å². The summed E-state index contributed by atoms with van der Waals surface area (Å²) >= 11 is 6.21. The summed E-state index contributed by atoms with van der Waals surface area (Å²) in [5.41, 5.74) is 2.70. The SMILES string of the molecule is CC(C)CNCc1ccc(Cl)cc1N1CCCCCC1. The molecule has 1 heterocycles. The molecule has 1 N–H and O–H groups in total. The third-order valence-electron chi connectivity index (χ3n) is 3.86. The average molecular weight is 295 g/mol. The van der Waals surface area contributed by atoms with Crippen molar-refractivity contribution in [2.45, 2.75) is 46.1 Å². The van der Waals surface area contributed by atoms with Crippen molar-refractivity contribution in [3.8, 4) is 0 Å². The van der Waals surface area contributed by atoms with E-state index in [0.29, 0.717) is 5.92 Å². The van der Waals surface area contributed by atoms with Gasteiger partial charge in [-0.3, -0.25) is 0 Å². The zero-order valence-corrected chi connectivity index (χ0v) is 13.5. The molecule has 0 saturated carbocycles. The number of rotatable bonds is 5. The van der Waals surface area contributed by atoms with Crippen LogP contribution in [0, 0.1) is 5.92 Å². The highest BCUT2D eigenvalue weighted by Gasteiger charge is 2.14. The Morgan fingerprint density at radius 1 is 1.15 bits per heavy atom. The van der Waals surface area contributed by atoms with E-state index in [9.17, 15) is 0 Å². The summed E-state index contributed by atoms with van der Waals surface area (Å²) in [7, 11) is 0. The molecule has 0 atom stereocenters. The first-order valence-corrected chi connectivity index (χ1v) is 8.28. The molecule has 1 saturated heterocycles. The summed E-state index contributed by atoms with van der Waals surface area (Å²) < 4.78 is 0. The van der Waals surface area contributed by atoms with Crippen molar-refractivity contribution < 1.29 is 0 Å². The van der Waals surface area contributed by atoms with Crippen molar-refractivity contribution >= 4 is 17.3 Å². The van der Waals surface area contributed by atoms with Gasteiger partial charge in [-0.1, -0.05) is 44.4 Å². The molecule has 0 amide bonds. The van der Waals surface area contributed by atoms with Crippen molar-refractivity contribution in [1.29, 1.82) is 0 Å². The molecule has 20 heavy (non-hydrogen) atoms. The van der Waals surface area contributed by atoms with Gasteiger partial charge in [0, 0.05) is 30.3 Å². The van der Waals surface area contributed by atoms with Gasteiger partial charge in [0.25, 0.3) is 0 Å². The molecular weight excluding hydrogens is 268 g/mol. The Morgan fingerprint density at radius 3 is 2.50 bits per heavy atom. The molecule has 112 valence electrons. The van der Waals surface area contributed by atoms with Crippen LogP contribution in [-0.2, 0) is 6.54 Å². The Morgan fingerprint density at radius 2 is 1.85 bits per heavy atom. The molecule has 1 fully saturated rings. The first-order valence-electron chi connectivity index (χ1n) is 7.91. The van der Waals surface area contributed by atoms with E-state index in [1.165, 1.54) is 36.9 Å². The van der Waals surface area contributed by atoms with Crippen LogP contribution in [0.15, 0.2) is 18.2 Å². The zero-order chi connectivity index (χ0) is 14.4. The van der Waals surface area contributed by atoms with Crippen LogP contribution in [0.2, 0.25) is 5.02 Å². The van der Waals surface area contributed by atoms with E-state index < -0.39 is 0 Å². The predicted octanol–water partition coefficient (Wildman–Crippen LogP) is 4.47. The largest absolute Gasteiger partial charge is 0.371 e. The van der Waals surface area contributed by atoms with E-state index >= 15 is 0 Å². The Kier molecular flexibility index (Phi) is 6.18. The summed E-state index contributed by atoms with van der Waals surface area (Å²) in [6, 6.07) is 6.32. The highest BCUT2D eigenvalue weighted by molar-refractivity contribution is 6.30. The van der Waals surface area contributed by atoms with E-state index in [2.05, 4.69) is 36.2 Å².